The number of hydrogen-bond acceptors (Lipinski definition) is 4. The van der Waals surface area contributed by atoms with Gasteiger partial charge in [0.1, 0.15) is 12.4 Å². The fraction of sp³-hybridized carbons (Fsp3) is 0.125. The summed E-state index contributed by atoms with van der Waals surface area (Å²) in [6, 6.07) is 19.0. The van der Waals surface area contributed by atoms with Crippen LogP contribution >= 0.6 is 0 Å². The highest BCUT2D eigenvalue weighted by Crippen LogP contribution is 2.43. The average Bonchev–Trinajstić information content (AvgIpc) is 2.78. The van der Waals surface area contributed by atoms with Crippen LogP contribution in [0.25, 0.3) is 11.1 Å². The number of rotatable bonds is 6. The summed E-state index contributed by atoms with van der Waals surface area (Å²) >= 11 is 0. The fourth-order valence-electron chi connectivity index (χ4n) is 3.61. The van der Waals surface area contributed by atoms with Gasteiger partial charge in [0.2, 0.25) is 0 Å². The summed E-state index contributed by atoms with van der Waals surface area (Å²) in [5.74, 6) is 0.403. The van der Waals surface area contributed by atoms with Gasteiger partial charge in [-0.1, -0.05) is 30.9 Å². The molecular weight excluding hydrogens is 412 g/mol. The second-order valence-corrected chi connectivity index (χ2v) is 8.81. The molecule has 0 fully saturated rings. The van der Waals surface area contributed by atoms with Crippen molar-refractivity contribution in [3.63, 3.8) is 0 Å². The number of nitrogens with one attached hydrogen (secondary N) is 1. The summed E-state index contributed by atoms with van der Waals surface area (Å²) in [5, 5.41) is 2.87. The molecule has 1 amide bonds. The molecule has 3 aromatic rings. The molecular formula is C24H22N2O4S. The molecule has 0 atom stereocenters. The van der Waals surface area contributed by atoms with E-state index in [0.29, 0.717) is 47.0 Å². The highest BCUT2D eigenvalue weighted by Gasteiger charge is 2.34. The number of hydrogen-bond donors (Lipinski definition) is 1. The van der Waals surface area contributed by atoms with Crippen molar-refractivity contribution in [2.45, 2.75) is 11.8 Å². The summed E-state index contributed by atoms with van der Waals surface area (Å²) in [6.07, 6.45) is 1.66. The normalized spacial score (nSPS) is 13.6. The van der Waals surface area contributed by atoms with E-state index < -0.39 is 10.0 Å². The third-order valence-corrected chi connectivity index (χ3v) is 6.99. The van der Waals surface area contributed by atoms with Gasteiger partial charge in [0.15, 0.2) is 0 Å². The lowest BCUT2D eigenvalue weighted by atomic mass is 10.00. The Morgan fingerprint density at radius 1 is 1.06 bits per heavy atom. The van der Waals surface area contributed by atoms with Crippen LogP contribution in [0.2, 0.25) is 0 Å². The summed E-state index contributed by atoms with van der Waals surface area (Å²) < 4.78 is 32.8. The SMILES string of the molecule is C=CCOc1ccc(NC(=O)c2ccc3c(c2)-c2ccccc2S(=O)(=O)N3CC)cc1. The highest BCUT2D eigenvalue weighted by atomic mass is 32.2. The molecule has 0 unspecified atom stereocenters. The van der Waals surface area contributed by atoms with Crippen LogP contribution in [-0.2, 0) is 10.0 Å². The molecule has 0 bridgehead atoms. The van der Waals surface area contributed by atoms with Crippen molar-refractivity contribution in [2.75, 3.05) is 22.8 Å². The monoisotopic (exact) mass is 434 g/mol. The van der Waals surface area contributed by atoms with Crippen molar-refractivity contribution in [2.24, 2.45) is 0 Å². The molecule has 0 spiro atoms. The molecule has 3 aromatic carbocycles. The van der Waals surface area contributed by atoms with Crippen molar-refractivity contribution in [1.29, 1.82) is 0 Å². The lowest BCUT2D eigenvalue weighted by molar-refractivity contribution is 0.102. The van der Waals surface area contributed by atoms with Gasteiger partial charge < -0.3 is 10.1 Å². The maximum Gasteiger partial charge on any atom is 0.264 e. The molecule has 1 aliphatic rings. The number of anilines is 2. The third-order valence-electron chi connectivity index (χ3n) is 5.04. The minimum Gasteiger partial charge on any atom is -0.490 e. The minimum absolute atomic E-state index is 0.247. The summed E-state index contributed by atoms with van der Waals surface area (Å²) in [5.41, 5.74) is 2.96. The van der Waals surface area contributed by atoms with Gasteiger partial charge in [-0.05, 0) is 55.5 Å². The van der Waals surface area contributed by atoms with Crippen LogP contribution in [0.4, 0.5) is 11.4 Å². The molecule has 31 heavy (non-hydrogen) atoms. The van der Waals surface area contributed by atoms with E-state index in [4.69, 9.17) is 4.74 Å². The van der Waals surface area contributed by atoms with Crippen molar-refractivity contribution < 1.29 is 17.9 Å². The van der Waals surface area contributed by atoms with Gasteiger partial charge in [-0.3, -0.25) is 9.10 Å². The van der Waals surface area contributed by atoms with E-state index in [1.54, 1.807) is 79.7 Å². The predicted octanol–water partition coefficient (Wildman–Crippen LogP) is 4.70. The number of sulfonamides is 1. The zero-order valence-corrected chi connectivity index (χ0v) is 17.9. The van der Waals surface area contributed by atoms with Crippen molar-refractivity contribution in [3.05, 3.63) is 84.9 Å². The number of carbonyl (C=O) groups excluding carboxylic acids is 1. The van der Waals surface area contributed by atoms with E-state index >= 15 is 0 Å². The molecule has 7 heteroatoms. The molecule has 0 aliphatic carbocycles. The van der Waals surface area contributed by atoms with E-state index in [-0.39, 0.29) is 10.8 Å². The van der Waals surface area contributed by atoms with Crippen molar-refractivity contribution in [1.82, 2.24) is 0 Å². The Labute approximate surface area is 181 Å². The number of benzene rings is 3. The van der Waals surface area contributed by atoms with Gasteiger partial charge in [0, 0.05) is 28.9 Å². The Bertz CT molecular complexity index is 1250. The molecule has 0 radical (unpaired) electrons. The Balaban J connectivity index is 1.65. The smallest absolute Gasteiger partial charge is 0.264 e. The molecule has 0 aromatic heterocycles. The first kappa shape index (κ1) is 20.7. The van der Waals surface area contributed by atoms with Gasteiger partial charge in [-0.25, -0.2) is 8.42 Å². The van der Waals surface area contributed by atoms with E-state index in [9.17, 15) is 13.2 Å². The molecule has 1 N–H and O–H groups in total. The van der Waals surface area contributed by atoms with E-state index in [2.05, 4.69) is 11.9 Å². The molecule has 1 aliphatic heterocycles. The lowest BCUT2D eigenvalue weighted by Gasteiger charge is -2.31. The van der Waals surface area contributed by atoms with Gasteiger partial charge >= 0.3 is 0 Å². The van der Waals surface area contributed by atoms with Gasteiger partial charge in [0.05, 0.1) is 10.6 Å². The van der Waals surface area contributed by atoms with Crippen LogP contribution in [-0.4, -0.2) is 27.5 Å². The Kier molecular flexibility index (Phi) is 5.52. The number of carbonyl (C=O) groups is 1. The predicted molar refractivity (Wildman–Crippen MR) is 122 cm³/mol. The van der Waals surface area contributed by atoms with Crippen LogP contribution in [0, 0.1) is 0 Å². The second-order valence-electron chi connectivity index (χ2n) is 6.98. The Morgan fingerprint density at radius 2 is 1.81 bits per heavy atom. The zero-order chi connectivity index (χ0) is 22.0. The lowest BCUT2D eigenvalue weighted by Crippen LogP contribution is -2.34. The van der Waals surface area contributed by atoms with Gasteiger partial charge in [0.25, 0.3) is 15.9 Å². The standard InChI is InChI=1S/C24H22N2O4S/c1-3-15-30-19-12-10-18(11-13-19)25-24(27)17-9-14-22-21(16-17)20-7-5-6-8-23(20)31(28,29)26(22)4-2/h3,5-14,16H,1,4,15H2,2H3,(H,25,27). The molecule has 0 saturated heterocycles. The molecule has 6 nitrogen and oxygen atoms in total. The number of nitrogens with zero attached hydrogens (tertiary/aromatic N) is 1. The largest absolute Gasteiger partial charge is 0.490 e. The first-order chi connectivity index (χ1) is 15.0. The first-order valence-corrected chi connectivity index (χ1v) is 11.3. The van der Waals surface area contributed by atoms with Crippen LogP contribution in [0.1, 0.15) is 17.3 Å². The molecule has 1 heterocycles. The minimum atomic E-state index is -3.62. The first-order valence-electron chi connectivity index (χ1n) is 9.87. The molecule has 158 valence electrons. The quantitative estimate of drug-likeness (QED) is 0.571. The van der Waals surface area contributed by atoms with Crippen molar-refractivity contribution >= 4 is 27.3 Å². The topological polar surface area (TPSA) is 75.7 Å². The van der Waals surface area contributed by atoms with Crippen LogP contribution in [0.3, 0.4) is 0 Å². The second kappa shape index (κ2) is 8.28. The number of fused-ring (bicyclic) bond motifs is 3. The van der Waals surface area contributed by atoms with E-state index in [0.717, 1.165) is 0 Å². The molecule has 0 saturated carbocycles. The maximum absolute atomic E-state index is 13.0. The Morgan fingerprint density at radius 3 is 2.52 bits per heavy atom. The summed E-state index contributed by atoms with van der Waals surface area (Å²) in [6.45, 7) is 6.11. The van der Waals surface area contributed by atoms with E-state index in [1.807, 2.05) is 0 Å². The average molecular weight is 435 g/mol. The van der Waals surface area contributed by atoms with Gasteiger partial charge in [-0.15, -0.1) is 0 Å². The van der Waals surface area contributed by atoms with Crippen molar-refractivity contribution in [3.8, 4) is 16.9 Å². The van der Waals surface area contributed by atoms with Crippen LogP contribution < -0.4 is 14.4 Å². The maximum atomic E-state index is 13.0. The zero-order valence-electron chi connectivity index (χ0n) is 17.0. The summed E-state index contributed by atoms with van der Waals surface area (Å²) in [4.78, 5) is 13.1. The summed E-state index contributed by atoms with van der Waals surface area (Å²) in [7, 11) is -3.62. The Hall–Kier alpha value is -3.58. The van der Waals surface area contributed by atoms with Crippen LogP contribution in [0.15, 0.2) is 84.3 Å². The van der Waals surface area contributed by atoms with Crippen LogP contribution in [0.5, 0.6) is 5.75 Å². The third kappa shape index (κ3) is 3.80. The number of ether oxygens (including phenoxy) is 1. The fourth-order valence-corrected chi connectivity index (χ4v) is 5.31. The highest BCUT2D eigenvalue weighted by molar-refractivity contribution is 7.93. The van der Waals surface area contributed by atoms with E-state index in [1.165, 1.54) is 4.31 Å². The van der Waals surface area contributed by atoms with Gasteiger partial charge in [-0.2, -0.15) is 0 Å². The molecule has 4 rings (SSSR count). The number of amides is 1.